The van der Waals surface area contributed by atoms with Gasteiger partial charge in [0, 0.05) is 10.5 Å². The molecule has 1 unspecified atom stereocenters. The maximum Gasteiger partial charge on any atom is 0.0317 e. The molecule has 0 amide bonds. The Balaban J connectivity index is 2.30. The molecule has 1 N–H and O–H groups in total. The molecule has 106 valence electrons. The van der Waals surface area contributed by atoms with Crippen LogP contribution in [0.5, 0.6) is 0 Å². The van der Waals surface area contributed by atoms with Crippen LogP contribution >= 0.6 is 15.9 Å². The predicted octanol–water partition coefficient (Wildman–Crippen LogP) is 5.57. The van der Waals surface area contributed by atoms with Gasteiger partial charge < -0.3 is 5.32 Å². The zero-order valence-electron chi connectivity index (χ0n) is 12.2. The van der Waals surface area contributed by atoms with Crippen molar-refractivity contribution in [2.24, 2.45) is 0 Å². The minimum atomic E-state index is 0.442. The van der Waals surface area contributed by atoms with E-state index >= 15 is 0 Å². The van der Waals surface area contributed by atoms with Crippen LogP contribution in [0, 0.1) is 0 Å². The first kappa shape index (κ1) is 15.3. The second kappa shape index (κ2) is 7.61. The molecule has 0 saturated carbocycles. The van der Waals surface area contributed by atoms with Gasteiger partial charge in [-0.1, -0.05) is 66.2 Å². The zero-order valence-corrected chi connectivity index (χ0v) is 13.8. The van der Waals surface area contributed by atoms with Gasteiger partial charge >= 0.3 is 0 Å². The van der Waals surface area contributed by atoms with E-state index in [9.17, 15) is 0 Å². The summed E-state index contributed by atoms with van der Waals surface area (Å²) in [5.41, 5.74) is 3.89. The summed E-state index contributed by atoms with van der Waals surface area (Å²) in [4.78, 5) is 0. The minimum Gasteiger partial charge on any atom is -0.310 e. The van der Waals surface area contributed by atoms with E-state index in [2.05, 4.69) is 83.6 Å². The lowest BCUT2D eigenvalue weighted by atomic mass is 9.98. The van der Waals surface area contributed by atoms with Gasteiger partial charge in [0.25, 0.3) is 0 Å². The fourth-order valence-corrected chi connectivity index (χ4v) is 2.95. The van der Waals surface area contributed by atoms with Crippen molar-refractivity contribution < 1.29 is 0 Å². The first-order valence-electron chi connectivity index (χ1n) is 7.34. The van der Waals surface area contributed by atoms with E-state index in [0.29, 0.717) is 6.04 Å². The lowest BCUT2D eigenvalue weighted by molar-refractivity contribution is 0.518. The van der Waals surface area contributed by atoms with Gasteiger partial charge in [-0.25, -0.2) is 0 Å². The average molecular weight is 332 g/mol. The highest BCUT2D eigenvalue weighted by Crippen LogP contribution is 2.30. The van der Waals surface area contributed by atoms with Crippen LogP contribution < -0.4 is 5.32 Å². The molecule has 0 spiro atoms. The van der Waals surface area contributed by atoms with Crippen LogP contribution in [0.15, 0.2) is 53.0 Å². The summed E-state index contributed by atoms with van der Waals surface area (Å²) in [6.07, 6.45) is 2.28. The second-order valence-corrected chi connectivity index (χ2v) is 5.87. The van der Waals surface area contributed by atoms with Gasteiger partial charge in [0.05, 0.1) is 0 Å². The van der Waals surface area contributed by atoms with Crippen LogP contribution in [0.2, 0.25) is 0 Å². The number of hydrogen-bond acceptors (Lipinski definition) is 1. The summed E-state index contributed by atoms with van der Waals surface area (Å²) in [6.45, 7) is 5.51. The van der Waals surface area contributed by atoms with Crippen molar-refractivity contribution in [3.05, 3.63) is 58.6 Å². The Morgan fingerprint density at radius 1 is 1.05 bits per heavy atom. The summed E-state index contributed by atoms with van der Waals surface area (Å²) >= 11 is 3.64. The number of nitrogens with one attached hydrogen (secondary N) is 1. The highest BCUT2D eigenvalue weighted by Gasteiger charge is 2.10. The van der Waals surface area contributed by atoms with Crippen LogP contribution in [0.4, 0.5) is 0 Å². The normalized spacial score (nSPS) is 12.3. The molecule has 2 aromatic carbocycles. The molecule has 2 rings (SSSR count). The highest BCUT2D eigenvalue weighted by molar-refractivity contribution is 9.10. The molecule has 0 aromatic heterocycles. The van der Waals surface area contributed by atoms with Gasteiger partial charge in [0.2, 0.25) is 0 Å². The Hall–Kier alpha value is -1.12. The summed E-state index contributed by atoms with van der Waals surface area (Å²) in [5, 5.41) is 3.62. The molecular formula is C18H22BrN. The topological polar surface area (TPSA) is 12.0 Å². The number of rotatable bonds is 6. The SMILES string of the molecule is CCCNC(CC)c1cccc(-c2ccccc2Br)c1. The van der Waals surface area contributed by atoms with Crippen LogP contribution in [-0.2, 0) is 0 Å². The number of halogens is 1. The Morgan fingerprint density at radius 3 is 2.55 bits per heavy atom. The zero-order chi connectivity index (χ0) is 14.4. The van der Waals surface area contributed by atoms with E-state index < -0.39 is 0 Å². The van der Waals surface area contributed by atoms with Gasteiger partial charge in [0.15, 0.2) is 0 Å². The molecule has 0 fully saturated rings. The van der Waals surface area contributed by atoms with Crippen LogP contribution in [0.3, 0.4) is 0 Å². The van der Waals surface area contributed by atoms with Gasteiger partial charge in [-0.3, -0.25) is 0 Å². The minimum absolute atomic E-state index is 0.442. The Kier molecular flexibility index (Phi) is 5.81. The monoisotopic (exact) mass is 331 g/mol. The summed E-state index contributed by atoms with van der Waals surface area (Å²) in [7, 11) is 0. The molecule has 0 saturated heterocycles. The molecule has 20 heavy (non-hydrogen) atoms. The molecule has 0 aliphatic heterocycles. The fraction of sp³-hybridized carbons (Fsp3) is 0.333. The van der Waals surface area contributed by atoms with Gasteiger partial charge in [-0.05, 0) is 48.2 Å². The summed E-state index contributed by atoms with van der Waals surface area (Å²) < 4.78 is 1.15. The largest absolute Gasteiger partial charge is 0.310 e. The van der Waals surface area contributed by atoms with Crippen LogP contribution in [-0.4, -0.2) is 6.54 Å². The van der Waals surface area contributed by atoms with Crippen molar-refractivity contribution in [3.63, 3.8) is 0 Å². The van der Waals surface area contributed by atoms with Crippen molar-refractivity contribution in [2.75, 3.05) is 6.54 Å². The van der Waals surface area contributed by atoms with Crippen molar-refractivity contribution in [1.29, 1.82) is 0 Å². The molecule has 2 heteroatoms. The summed E-state index contributed by atoms with van der Waals surface area (Å²) in [5.74, 6) is 0. The van der Waals surface area contributed by atoms with E-state index in [1.807, 2.05) is 0 Å². The van der Waals surface area contributed by atoms with E-state index in [1.165, 1.54) is 23.1 Å². The van der Waals surface area contributed by atoms with Crippen molar-refractivity contribution in [3.8, 4) is 11.1 Å². The quantitative estimate of drug-likeness (QED) is 0.729. The number of benzene rings is 2. The summed E-state index contributed by atoms with van der Waals surface area (Å²) in [6, 6.07) is 17.7. The molecular weight excluding hydrogens is 310 g/mol. The first-order valence-corrected chi connectivity index (χ1v) is 8.13. The fourth-order valence-electron chi connectivity index (χ4n) is 2.43. The van der Waals surface area contributed by atoms with Crippen molar-refractivity contribution in [1.82, 2.24) is 5.32 Å². The molecule has 0 bridgehead atoms. The Labute approximate surface area is 130 Å². The standard InChI is InChI=1S/C18H22BrN/c1-3-12-20-18(4-2)15-9-7-8-14(13-15)16-10-5-6-11-17(16)19/h5-11,13,18,20H,3-4,12H2,1-2H3. The third-order valence-corrected chi connectivity index (χ3v) is 4.21. The average Bonchev–Trinajstić information content (AvgIpc) is 2.49. The van der Waals surface area contributed by atoms with Crippen molar-refractivity contribution in [2.45, 2.75) is 32.7 Å². The van der Waals surface area contributed by atoms with E-state index in [1.54, 1.807) is 0 Å². The maximum absolute atomic E-state index is 3.64. The molecule has 0 aliphatic rings. The van der Waals surface area contributed by atoms with Gasteiger partial charge in [-0.2, -0.15) is 0 Å². The predicted molar refractivity (Wildman–Crippen MR) is 90.9 cm³/mol. The molecule has 0 radical (unpaired) electrons. The Bertz CT molecular complexity index is 551. The van der Waals surface area contributed by atoms with E-state index in [0.717, 1.165) is 17.4 Å². The molecule has 1 atom stereocenters. The van der Waals surface area contributed by atoms with Gasteiger partial charge in [0.1, 0.15) is 0 Å². The van der Waals surface area contributed by atoms with E-state index in [-0.39, 0.29) is 0 Å². The highest BCUT2D eigenvalue weighted by atomic mass is 79.9. The molecule has 0 aliphatic carbocycles. The van der Waals surface area contributed by atoms with E-state index in [4.69, 9.17) is 0 Å². The third kappa shape index (κ3) is 3.71. The molecule has 0 heterocycles. The Morgan fingerprint density at radius 2 is 1.85 bits per heavy atom. The molecule has 1 nitrogen and oxygen atoms in total. The molecule has 2 aromatic rings. The van der Waals surface area contributed by atoms with Crippen molar-refractivity contribution >= 4 is 15.9 Å². The van der Waals surface area contributed by atoms with Gasteiger partial charge in [-0.15, -0.1) is 0 Å². The lowest BCUT2D eigenvalue weighted by Gasteiger charge is -2.18. The first-order chi connectivity index (χ1) is 9.76. The van der Waals surface area contributed by atoms with Crippen LogP contribution in [0.1, 0.15) is 38.3 Å². The van der Waals surface area contributed by atoms with Crippen LogP contribution in [0.25, 0.3) is 11.1 Å². The lowest BCUT2D eigenvalue weighted by Crippen LogP contribution is -2.21. The third-order valence-electron chi connectivity index (χ3n) is 3.52. The maximum atomic E-state index is 3.64. The second-order valence-electron chi connectivity index (χ2n) is 5.02. The number of hydrogen-bond donors (Lipinski definition) is 1. The smallest absolute Gasteiger partial charge is 0.0317 e.